The van der Waals surface area contributed by atoms with E-state index in [0.717, 1.165) is 34.8 Å². The van der Waals surface area contributed by atoms with Crippen molar-refractivity contribution in [3.05, 3.63) is 0 Å². The van der Waals surface area contributed by atoms with Crippen LogP contribution in [0.3, 0.4) is 0 Å². The van der Waals surface area contributed by atoms with Gasteiger partial charge in [0.25, 0.3) is 0 Å². The summed E-state index contributed by atoms with van der Waals surface area (Å²) in [6.07, 6.45) is 12.6. The van der Waals surface area contributed by atoms with E-state index in [-0.39, 0.29) is 11.5 Å². The third kappa shape index (κ3) is 1.78. The summed E-state index contributed by atoms with van der Waals surface area (Å²) in [5.41, 5.74) is 0.888. The van der Waals surface area contributed by atoms with Gasteiger partial charge in [-0.25, -0.2) is 0 Å². The molecule has 5 rings (SSSR count). The van der Waals surface area contributed by atoms with Crippen molar-refractivity contribution >= 4 is 11.8 Å². The number of aliphatic hydroxyl groups is 1. The zero-order valence-corrected chi connectivity index (χ0v) is 15.1. The molecule has 0 bridgehead atoms. The minimum atomic E-state index is -0.0125. The molecule has 0 aromatic carbocycles. The van der Waals surface area contributed by atoms with Gasteiger partial charge in [0, 0.05) is 10.5 Å². The topological polar surface area (TPSA) is 20.2 Å². The fourth-order valence-electron chi connectivity index (χ4n) is 7.64. The van der Waals surface area contributed by atoms with Crippen molar-refractivity contribution < 1.29 is 5.11 Å². The number of aliphatic hydroxyl groups excluding tert-OH is 1. The average Bonchev–Trinajstić information content (AvgIpc) is 3.19. The highest BCUT2D eigenvalue weighted by atomic mass is 32.2. The van der Waals surface area contributed by atoms with Crippen LogP contribution >= 0.6 is 11.8 Å². The summed E-state index contributed by atoms with van der Waals surface area (Å²) in [7, 11) is 0. The van der Waals surface area contributed by atoms with Gasteiger partial charge in [-0.3, -0.25) is 0 Å². The van der Waals surface area contributed by atoms with Gasteiger partial charge < -0.3 is 5.11 Å². The molecule has 1 aliphatic heterocycles. The SMILES string of the molecule is C[C@]12CC[C@]3(CS3)C[C@H]1CC[C@H]1[C@H]2CC[C@@]2(C)[C@@H]1CC[C@@H]2O. The molecule has 0 amide bonds. The lowest BCUT2D eigenvalue weighted by Gasteiger charge is -2.61. The molecule has 5 aliphatic rings. The number of hydrogen-bond acceptors (Lipinski definition) is 2. The molecule has 4 aliphatic carbocycles. The lowest BCUT2D eigenvalue weighted by Crippen LogP contribution is -2.54. The van der Waals surface area contributed by atoms with E-state index < -0.39 is 0 Å². The van der Waals surface area contributed by atoms with Crippen LogP contribution < -0.4 is 0 Å². The predicted octanol–water partition coefficient (Wildman–Crippen LogP) is 4.88. The number of thioether (sulfide) groups is 1. The summed E-state index contributed by atoms with van der Waals surface area (Å²) in [4.78, 5) is 0. The van der Waals surface area contributed by atoms with Crippen LogP contribution in [0.25, 0.3) is 0 Å². The van der Waals surface area contributed by atoms with Gasteiger partial charge in [-0.05, 0) is 92.3 Å². The third-order valence-corrected chi connectivity index (χ3v) is 10.8. The van der Waals surface area contributed by atoms with Gasteiger partial charge in [0.1, 0.15) is 0 Å². The zero-order valence-electron chi connectivity index (χ0n) is 14.3. The highest BCUT2D eigenvalue weighted by Crippen LogP contribution is 2.69. The fraction of sp³-hybridized carbons (Fsp3) is 1.00. The van der Waals surface area contributed by atoms with Gasteiger partial charge >= 0.3 is 0 Å². The molecule has 0 unspecified atom stereocenters. The second-order valence-corrected chi connectivity index (χ2v) is 11.4. The normalized spacial score (nSPS) is 63.1. The Hall–Kier alpha value is 0.310. The van der Waals surface area contributed by atoms with Crippen LogP contribution in [-0.4, -0.2) is 21.7 Å². The monoisotopic (exact) mass is 320 g/mol. The van der Waals surface area contributed by atoms with Crippen molar-refractivity contribution in [2.24, 2.45) is 34.5 Å². The van der Waals surface area contributed by atoms with Crippen LogP contribution in [0, 0.1) is 34.5 Å². The van der Waals surface area contributed by atoms with E-state index in [2.05, 4.69) is 25.6 Å². The average molecular weight is 321 g/mol. The van der Waals surface area contributed by atoms with Crippen LogP contribution in [-0.2, 0) is 0 Å². The second kappa shape index (κ2) is 4.48. The Balaban J connectivity index is 1.44. The van der Waals surface area contributed by atoms with Gasteiger partial charge in [0.15, 0.2) is 0 Å². The molecule has 1 nitrogen and oxygen atoms in total. The summed E-state index contributed by atoms with van der Waals surface area (Å²) in [6.45, 7) is 5.08. The number of fused-ring (bicyclic) bond motifs is 5. The maximum absolute atomic E-state index is 10.5. The van der Waals surface area contributed by atoms with Crippen LogP contribution in [0.5, 0.6) is 0 Å². The molecular weight excluding hydrogens is 288 g/mol. The Labute approximate surface area is 140 Å². The quantitative estimate of drug-likeness (QED) is 0.642. The molecule has 0 radical (unpaired) electrons. The molecule has 2 heteroatoms. The molecule has 1 N–H and O–H groups in total. The first kappa shape index (κ1) is 14.6. The Bertz CT molecular complexity index is 486. The van der Waals surface area contributed by atoms with E-state index >= 15 is 0 Å². The van der Waals surface area contributed by atoms with Crippen molar-refractivity contribution in [1.82, 2.24) is 0 Å². The van der Waals surface area contributed by atoms with E-state index in [1.165, 1.54) is 57.1 Å². The Morgan fingerprint density at radius 3 is 2.41 bits per heavy atom. The highest BCUT2D eigenvalue weighted by molar-refractivity contribution is 8.07. The van der Waals surface area contributed by atoms with Crippen LogP contribution in [0.15, 0.2) is 0 Å². The Morgan fingerprint density at radius 1 is 0.864 bits per heavy atom. The molecule has 1 saturated heterocycles. The van der Waals surface area contributed by atoms with Crippen LogP contribution in [0.4, 0.5) is 0 Å². The van der Waals surface area contributed by atoms with Crippen molar-refractivity contribution in [1.29, 1.82) is 0 Å². The lowest BCUT2D eigenvalue weighted by atomic mass is 9.44. The summed E-state index contributed by atoms with van der Waals surface area (Å²) in [5.74, 6) is 5.19. The minimum absolute atomic E-state index is 0.0125. The van der Waals surface area contributed by atoms with E-state index in [4.69, 9.17) is 0 Å². The van der Waals surface area contributed by atoms with Crippen LogP contribution in [0.1, 0.15) is 71.6 Å². The minimum Gasteiger partial charge on any atom is -0.393 e. The van der Waals surface area contributed by atoms with Crippen LogP contribution in [0.2, 0.25) is 0 Å². The summed E-state index contributed by atoms with van der Waals surface area (Å²) in [5, 5.41) is 10.5. The second-order valence-electron chi connectivity index (χ2n) is 9.97. The van der Waals surface area contributed by atoms with Gasteiger partial charge in [0.2, 0.25) is 0 Å². The van der Waals surface area contributed by atoms with Crippen molar-refractivity contribution in [2.45, 2.75) is 82.5 Å². The van der Waals surface area contributed by atoms with E-state index in [9.17, 15) is 5.11 Å². The maximum atomic E-state index is 10.5. The first-order chi connectivity index (χ1) is 10.5. The smallest absolute Gasteiger partial charge is 0.0596 e. The lowest BCUT2D eigenvalue weighted by molar-refractivity contribution is -0.122. The first-order valence-corrected chi connectivity index (χ1v) is 10.8. The molecular formula is C20H32OS. The third-order valence-electron chi connectivity index (χ3n) is 9.31. The summed E-state index contributed by atoms with van der Waals surface area (Å²) < 4.78 is 0.740. The van der Waals surface area contributed by atoms with E-state index in [1.807, 2.05) is 0 Å². The summed E-state index contributed by atoms with van der Waals surface area (Å²) >= 11 is 2.26. The molecule has 1 heterocycles. The summed E-state index contributed by atoms with van der Waals surface area (Å²) in [6, 6.07) is 0. The molecule has 4 saturated carbocycles. The Kier molecular flexibility index (Phi) is 2.98. The van der Waals surface area contributed by atoms with E-state index in [1.54, 1.807) is 0 Å². The first-order valence-electron chi connectivity index (χ1n) is 9.79. The molecule has 8 atom stereocenters. The molecule has 0 aromatic rings. The van der Waals surface area contributed by atoms with Gasteiger partial charge in [-0.2, -0.15) is 11.8 Å². The molecule has 124 valence electrons. The number of rotatable bonds is 0. The molecule has 1 spiro atoms. The van der Waals surface area contributed by atoms with Crippen molar-refractivity contribution in [2.75, 3.05) is 5.75 Å². The molecule has 5 fully saturated rings. The fourth-order valence-corrected chi connectivity index (χ4v) is 8.68. The van der Waals surface area contributed by atoms with E-state index in [0.29, 0.717) is 5.41 Å². The Morgan fingerprint density at radius 2 is 1.64 bits per heavy atom. The van der Waals surface area contributed by atoms with Crippen molar-refractivity contribution in [3.63, 3.8) is 0 Å². The van der Waals surface area contributed by atoms with Gasteiger partial charge in [-0.15, -0.1) is 0 Å². The van der Waals surface area contributed by atoms with Gasteiger partial charge in [0.05, 0.1) is 6.10 Å². The maximum Gasteiger partial charge on any atom is 0.0596 e. The molecule has 0 aromatic heterocycles. The number of hydrogen-bond donors (Lipinski definition) is 1. The molecule has 22 heavy (non-hydrogen) atoms. The van der Waals surface area contributed by atoms with Gasteiger partial charge in [-0.1, -0.05) is 13.8 Å². The highest BCUT2D eigenvalue weighted by Gasteiger charge is 2.62. The standard InChI is InChI=1S/C20H32OS/c1-18-9-10-20(12-22-20)11-13(18)3-4-14-15-5-6-17(21)19(15,2)8-7-16(14)18/h13-17,21H,3-12H2,1-2H3/t13-,14-,15-,16-,17+,18+,19+,20-/m1/s1. The zero-order chi connectivity index (χ0) is 15.2. The van der Waals surface area contributed by atoms with Crippen molar-refractivity contribution in [3.8, 4) is 0 Å². The largest absolute Gasteiger partial charge is 0.393 e. The predicted molar refractivity (Wildman–Crippen MR) is 92.9 cm³/mol.